The zero-order valence-corrected chi connectivity index (χ0v) is 9.22. The fourth-order valence-electron chi connectivity index (χ4n) is 2.15. The maximum absolute atomic E-state index is 10.9. The largest absolute Gasteiger partial charge is 0.396 e. The molecular formula is C11H17N3O2. The molecule has 16 heavy (non-hydrogen) atoms. The third kappa shape index (κ3) is 2.61. The van der Waals surface area contributed by atoms with Crippen molar-refractivity contribution in [3.05, 3.63) is 22.5 Å². The van der Waals surface area contributed by atoms with Crippen LogP contribution >= 0.6 is 0 Å². The van der Waals surface area contributed by atoms with Gasteiger partial charge in [-0.2, -0.15) is 5.10 Å². The van der Waals surface area contributed by atoms with Gasteiger partial charge in [0.2, 0.25) is 0 Å². The molecule has 1 fully saturated rings. The van der Waals surface area contributed by atoms with Crippen molar-refractivity contribution in [3.63, 3.8) is 0 Å². The van der Waals surface area contributed by atoms with Gasteiger partial charge >= 0.3 is 0 Å². The van der Waals surface area contributed by atoms with Gasteiger partial charge in [-0.1, -0.05) is 0 Å². The number of aliphatic hydroxyl groups is 1. The molecule has 0 bridgehead atoms. The summed E-state index contributed by atoms with van der Waals surface area (Å²) in [7, 11) is 0. The Bertz CT molecular complexity index is 363. The molecule has 0 unspecified atom stereocenters. The Morgan fingerprint density at radius 3 is 2.75 bits per heavy atom. The molecule has 0 saturated carbocycles. The molecule has 0 atom stereocenters. The number of nitrogens with zero attached hydrogens (tertiary/aromatic N) is 2. The van der Waals surface area contributed by atoms with Crippen LogP contribution in [0.3, 0.4) is 0 Å². The topological polar surface area (TPSA) is 69.2 Å². The first-order valence-corrected chi connectivity index (χ1v) is 5.71. The van der Waals surface area contributed by atoms with Crippen molar-refractivity contribution in [3.8, 4) is 0 Å². The number of nitrogens with one attached hydrogen (secondary N) is 1. The lowest BCUT2D eigenvalue weighted by atomic mass is 9.94. The average Bonchev–Trinajstić information content (AvgIpc) is 2.32. The minimum absolute atomic E-state index is 0.168. The van der Waals surface area contributed by atoms with E-state index in [0.717, 1.165) is 38.2 Å². The molecule has 0 spiro atoms. The van der Waals surface area contributed by atoms with Crippen LogP contribution in [0.5, 0.6) is 0 Å². The minimum Gasteiger partial charge on any atom is -0.396 e. The fraction of sp³-hybridized carbons (Fsp3) is 0.636. The van der Waals surface area contributed by atoms with Crippen molar-refractivity contribution in [1.82, 2.24) is 10.2 Å². The predicted molar refractivity (Wildman–Crippen MR) is 61.5 cm³/mol. The standard InChI is InChI=1S/C11H17N3O2/c15-8-5-9-3-6-14(7-4-9)10-1-2-11(16)13-12-10/h1-2,9,15H,3-8H2,(H,13,16). The van der Waals surface area contributed by atoms with E-state index in [1.54, 1.807) is 6.07 Å². The normalized spacial score (nSPS) is 17.7. The van der Waals surface area contributed by atoms with Gasteiger partial charge < -0.3 is 10.0 Å². The van der Waals surface area contributed by atoms with Crippen molar-refractivity contribution in [2.75, 3.05) is 24.6 Å². The summed E-state index contributed by atoms with van der Waals surface area (Å²) in [5.41, 5.74) is -0.168. The van der Waals surface area contributed by atoms with E-state index in [1.807, 2.05) is 0 Å². The SMILES string of the molecule is O=c1ccc(N2CCC(CCO)CC2)n[nH]1. The number of hydrogen-bond donors (Lipinski definition) is 2. The first-order valence-electron chi connectivity index (χ1n) is 5.71. The maximum atomic E-state index is 10.9. The average molecular weight is 223 g/mol. The van der Waals surface area contributed by atoms with Crippen molar-refractivity contribution >= 4 is 5.82 Å². The monoisotopic (exact) mass is 223 g/mol. The highest BCUT2D eigenvalue weighted by atomic mass is 16.3. The summed E-state index contributed by atoms with van der Waals surface area (Å²) in [5.74, 6) is 1.46. The van der Waals surface area contributed by atoms with E-state index in [2.05, 4.69) is 15.1 Å². The number of rotatable bonds is 3. The Hall–Kier alpha value is -1.36. The summed E-state index contributed by atoms with van der Waals surface area (Å²) in [6.45, 7) is 2.18. The van der Waals surface area contributed by atoms with Gasteiger partial charge in [-0.15, -0.1) is 0 Å². The van der Waals surface area contributed by atoms with E-state index in [4.69, 9.17) is 5.11 Å². The molecule has 88 valence electrons. The van der Waals surface area contributed by atoms with Gasteiger partial charge in [0.15, 0.2) is 0 Å². The van der Waals surface area contributed by atoms with Gasteiger partial charge in [0.25, 0.3) is 5.56 Å². The Morgan fingerprint density at radius 2 is 2.19 bits per heavy atom. The Balaban J connectivity index is 1.93. The molecule has 1 aromatic heterocycles. The van der Waals surface area contributed by atoms with Gasteiger partial charge in [-0.25, -0.2) is 5.10 Å². The highest BCUT2D eigenvalue weighted by molar-refractivity contribution is 5.36. The quantitative estimate of drug-likeness (QED) is 0.776. The summed E-state index contributed by atoms with van der Waals surface area (Å²) in [6.07, 6.45) is 3.07. The van der Waals surface area contributed by atoms with Crippen molar-refractivity contribution in [2.24, 2.45) is 5.92 Å². The molecule has 0 amide bonds. The molecule has 2 heterocycles. The Morgan fingerprint density at radius 1 is 1.44 bits per heavy atom. The second kappa shape index (κ2) is 5.12. The second-order valence-corrected chi connectivity index (χ2v) is 4.22. The smallest absolute Gasteiger partial charge is 0.264 e. The van der Waals surface area contributed by atoms with Crippen LogP contribution in [-0.2, 0) is 0 Å². The fourth-order valence-corrected chi connectivity index (χ4v) is 2.15. The molecule has 5 heteroatoms. The molecule has 0 aromatic carbocycles. The number of anilines is 1. The van der Waals surface area contributed by atoms with Crippen LogP contribution in [0.15, 0.2) is 16.9 Å². The Labute approximate surface area is 94.1 Å². The summed E-state index contributed by atoms with van der Waals surface area (Å²) in [5, 5.41) is 15.3. The molecule has 2 N–H and O–H groups in total. The zero-order chi connectivity index (χ0) is 11.4. The molecule has 1 aromatic rings. The molecule has 0 aliphatic carbocycles. The number of H-pyrrole nitrogens is 1. The van der Waals surface area contributed by atoms with Crippen molar-refractivity contribution in [2.45, 2.75) is 19.3 Å². The number of hydrogen-bond acceptors (Lipinski definition) is 4. The lowest BCUT2D eigenvalue weighted by Gasteiger charge is -2.32. The van der Waals surface area contributed by atoms with Crippen LogP contribution in [0, 0.1) is 5.92 Å². The molecule has 1 aliphatic heterocycles. The number of aromatic amines is 1. The Kier molecular flexibility index (Phi) is 3.56. The molecule has 5 nitrogen and oxygen atoms in total. The van der Waals surface area contributed by atoms with Gasteiger partial charge in [-0.3, -0.25) is 4.79 Å². The van der Waals surface area contributed by atoms with E-state index in [9.17, 15) is 4.79 Å². The molecule has 2 rings (SSSR count). The van der Waals surface area contributed by atoms with Gasteiger partial charge in [0, 0.05) is 25.8 Å². The summed E-state index contributed by atoms with van der Waals surface area (Å²) in [6, 6.07) is 3.26. The number of aliphatic hydroxyl groups excluding tert-OH is 1. The van der Waals surface area contributed by atoms with E-state index in [-0.39, 0.29) is 12.2 Å². The number of piperidine rings is 1. The van der Waals surface area contributed by atoms with Crippen molar-refractivity contribution < 1.29 is 5.11 Å². The summed E-state index contributed by atoms with van der Waals surface area (Å²) >= 11 is 0. The lowest BCUT2D eigenvalue weighted by Crippen LogP contribution is -2.35. The van der Waals surface area contributed by atoms with Gasteiger partial charge in [0.1, 0.15) is 5.82 Å². The van der Waals surface area contributed by atoms with Crippen molar-refractivity contribution in [1.29, 1.82) is 0 Å². The number of aromatic nitrogens is 2. The first-order chi connectivity index (χ1) is 7.79. The molecule has 1 aliphatic rings. The van der Waals surface area contributed by atoms with E-state index in [1.165, 1.54) is 6.07 Å². The van der Waals surface area contributed by atoms with E-state index in [0.29, 0.717) is 5.92 Å². The minimum atomic E-state index is -0.168. The predicted octanol–water partition coefficient (Wildman–Crippen LogP) is 0.369. The first kappa shape index (κ1) is 11.1. The molecule has 0 radical (unpaired) electrons. The van der Waals surface area contributed by atoms with Crippen LogP contribution < -0.4 is 10.5 Å². The van der Waals surface area contributed by atoms with Crippen LogP contribution in [0.2, 0.25) is 0 Å². The second-order valence-electron chi connectivity index (χ2n) is 4.22. The summed E-state index contributed by atoms with van der Waals surface area (Å²) < 4.78 is 0. The molecular weight excluding hydrogens is 206 g/mol. The van der Waals surface area contributed by atoms with E-state index < -0.39 is 0 Å². The lowest BCUT2D eigenvalue weighted by molar-refractivity contribution is 0.240. The third-order valence-electron chi connectivity index (χ3n) is 3.14. The maximum Gasteiger partial charge on any atom is 0.264 e. The third-order valence-corrected chi connectivity index (χ3v) is 3.14. The van der Waals surface area contributed by atoms with Crippen LogP contribution in [0.4, 0.5) is 5.82 Å². The zero-order valence-electron chi connectivity index (χ0n) is 9.22. The highest BCUT2D eigenvalue weighted by Gasteiger charge is 2.19. The van der Waals surface area contributed by atoms with Gasteiger partial charge in [0.05, 0.1) is 0 Å². The van der Waals surface area contributed by atoms with Crippen LogP contribution in [-0.4, -0.2) is 35.0 Å². The van der Waals surface area contributed by atoms with Crippen LogP contribution in [0.25, 0.3) is 0 Å². The molecule has 1 saturated heterocycles. The van der Waals surface area contributed by atoms with E-state index >= 15 is 0 Å². The van der Waals surface area contributed by atoms with Gasteiger partial charge in [-0.05, 0) is 31.2 Å². The summed E-state index contributed by atoms with van der Waals surface area (Å²) in [4.78, 5) is 13.0. The highest BCUT2D eigenvalue weighted by Crippen LogP contribution is 2.22. The van der Waals surface area contributed by atoms with Crippen LogP contribution in [0.1, 0.15) is 19.3 Å².